The van der Waals surface area contributed by atoms with Crippen molar-refractivity contribution in [3.63, 3.8) is 0 Å². The van der Waals surface area contributed by atoms with E-state index in [1.807, 2.05) is 25.9 Å². The molecule has 2 atom stereocenters. The summed E-state index contributed by atoms with van der Waals surface area (Å²) in [6, 6.07) is 0. The molecule has 15 heavy (non-hydrogen) atoms. The van der Waals surface area contributed by atoms with Crippen LogP contribution in [0.25, 0.3) is 0 Å². The standard InChI is InChI=1S/C11H24N2O2/c1-11(14,9-13(2)3)8-12-6-10-4-5-15-7-10/h10,12,14H,4-9H2,1-3H3. The van der Waals surface area contributed by atoms with E-state index in [1.54, 1.807) is 0 Å². The topological polar surface area (TPSA) is 44.7 Å². The minimum atomic E-state index is -0.650. The first-order chi connectivity index (χ1) is 6.99. The first kappa shape index (κ1) is 12.9. The molecule has 0 aliphatic carbocycles. The lowest BCUT2D eigenvalue weighted by atomic mass is 10.1. The highest BCUT2D eigenvalue weighted by Crippen LogP contribution is 2.11. The van der Waals surface area contributed by atoms with Crippen LogP contribution in [-0.2, 0) is 4.74 Å². The molecule has 0 radical (unpaired) electrons. The minimum Gasteiger partial charge on any atom is -0.388 e. The summed E-state index contributed by atoms with van der Waals surface area (Å²) in [4.78, 5) is 2.00. The maximum absolute atomic E-state index is 10.0. The van der Waals surface area contributed by atoms with Crippen LogP contribution in [0.4, 0.5) is 0 Å². The molecule has 0 aromatic rings. The lowest BCUT2D eigenvalue weighted by molar-refractivity contribution is 0.0330. The number of nitrogens with zero attached hydrogens (tertiary/aromatic N) is 1. The molecule has 0 aromatic heterocycles. The van der Waals surface area contributed by atoms with Crippen molar-refractivity contribution in [2.75, 3.05) is 46.9 Å². The SMILES string of the molecule is CN(C)CC(C)(O)CNCC1CCOC1. The number of rotatable bonds is 6. The molecule has 2 unspecified atom stereocenters. The summed E-state index contributed by atoms with van der Waals surface area (Å²) < 4.78 is 5.29. The average molecular weight is 216 g/mol. The summed E-state index contributed by atoms with van der Waals surface area (Å²) in [6.45, 7) is 5.89. The first-order valence-corrected chi connectivity index (χ1v) is 5.65. The van der Waals surface area contributed by atoms with Crippen LogP contribution in [-0.4, -0.2) is 62.6 Å². The van der Waals surface area contributed by atoms with Crippen LogP contribution in [0.2, 0.25) is 0 Å². The van der Waals surface area contributed by atoms with Crippen molar-refractivity contribution >= 4 is 0 Å². The molecule has 0 aromatic carbocycles. The number of nitrogens with one attached hydrogen (secondary N) is 1. The van der Waals surface area contributed by atoms with Crippen molar-refractivity contribution in [1.82, 2.24) is 10.2 Å². The highest BCUT2D eigenvalue weighted by atomic mass is 16.5. The van der Waals surface area contributed by atoms with Gasteiger partial charge < -0.3 is 20.1 Å². The zero-order valence-corrected chi connectivity index (χ0v) is 10.1. The van der Waals surface area contributed by atoms with Crippen LogP contribution in [0.5, 0.6) is 0 Å². The number of hydrogen-bond donors (Lipinski definition) is 2. The highest BCUT2D eigenvalue weighted by Gasteiger charge is 2.22. The molecule has 4 heteroatoms. The Morgan fingerprint density at radius 1 is 1.53 bits per heavy atom. The van der Waals surface area contributed by atoms with Gasteiger partial charge in [-0.05, 0) is 33.4 Å². The number of hydrogen-bond acceptors (Lipinski definition) is 4. The van der Waals surface area contributed by atoms with Gasteiger partial charge in [0.1, 0.15) is 0 Å². The molecule has 1 aliphatic heterocycles. The molecule has 1 aliphatic rings. The third-order valence-electron chi connectivity index (χ3n) is 2.62. The van der Waals surface area contributed by atoms with Gasteiger partial charge in [-0.3, -0.25) is 0 Å². The zero-order chi connectivity index (χ0) is 11.3. The van der Waals surface area contributed by atoms with E-state index in [0.29, 0.717) is 19.0 Å². The van der Waals surface area contributed by atoms with Gasteiger partial charge in [0.2, 0.25) is 0 Å². The fourth-order valence-corrected chi connectivity index (χ4v) is 2.03. The third-order valence-corrected chi connectivity index (χ3v) is 2.62. The second kappa shape index (κ2) is 5.80. The van der Waals surface area contributed by atoms with Gasteiger partial charge in [-0.2, -0.15) is 0 Å². The Balaban J connectivity index is 2.11. The van der Waals surface area contributed by atoms with Gasteiger partial charge >= 0.3 is 0 Å². The zero-order valence-electron chi connectivity index (χ0n) is 10.1. The normalized spacial score (nSPS) is 25.8. The molecule has 0 bridgehead atoms. The fraction of sp³-hybridized carbons (Fsp3) is 1.00. The average Bonchev–Trinajstić information content (AvgIpc) is 2.53. The summed E-state index contributed by atoms with van der Waals surface area (Å²) in [5, 5.41) is 13.3. The van der Waals surface area contributed by atoms with Crippen LogP contribution in [0.15, 0.2) is 0 Å². The predicted octanol–water partition coefficient (Wildman–Crippen LogP) is -0.0749. The Hall–Kier alpha value is -0.160. The van der Waals surface area contributed by atoms with E-state index in [1.165, 1.54) is 0 Å². The van der Waals surface area contributed by atoms with Gasteiger partial charge in [0, 0.05) is 26.2 Å². The minimum absolute atomic E-state index is 0.625. The molecular formula is C11H24N2O2. The summed E-state index contributed by atoms with van der Waals surface area (Å²) in [5.41, 5.74) is -0.650. The van der Waals surface area contributed by atoms with Gasteiger partial charge in [-0.1, -0.05) is 0 Å². The fourth-order valence-electron chi connectivity index (χ4n) is 2.03. The molecule has 1 rings (SSSR count). The smallest absolute Gasteiger partial charge is 0.0869 e. The highest BCUT2D eigenvalue weighted by molar-refractivity contribution is 4.79. The molecule has 0 amide bonds. The summed E-state index contributed by atoms with van der Waals surface area (Å²) >= 11 is 0. The molecule has 90 valence electrons. The van der Waals surface area contributed by atoms with Crippen molar-refractivity contribution in [2.24, 2.45) is 5.92 Å². The molecule has 4 nitrogen and oxygen atoms in total. The summed E-state index contributed by atoms with van der Waals surface area (Å²) in [6.07, 6.45) is 1.14. The van der Waals surface area contributed by atoms with Crippen molar-refractivity contribution in [3.05, 3.63) is 0 Å². The Kier molecular flexibility index (Phi) is 4.99. The van der Waals surface area contributed by atoms with Gasteiger partial charge in [0.25, 0.3) is 0 Å². The lowest BCUT2D eigenvalue weighted by Gasteiger charge is -2.27. The third kappa shape index (κ3) is 5.47. The van der Waals surface area contributed by atoms with Crippen LogP contribution in [0.3, 0.4) is 0 Å². The Morgan fingerprint density at radius 2 is 2.27 bits per heavy atom. The molecule has 1 fully saturated rings. The van der Waals surface area contributed by atoms with Gasteiger partial charge in [-0.15, -0.1) is 0 Å². The molecule has 0 spiro atoms. The largest absolute Gasteiger partial charge is 0.388 e. The number of aliphatic hydroxyl groups is 1. The summed E-state index contributed by atoms with van der Waals surface area (Å²) in [7, 11) is 3.94. The van der Waals surface area contributed by atoms with Gasteiger partial charge in [0.15, 0.2) is 0 Å². The van der Waals surface area contributed by atoms with Crippen LogP contribution >= 0.6 is 0 Å². The van der Waals surface area contributed by atoms with Gasteiger partial charge in [0.05, 0.1) is 12.2 Å². The maximum Gasteiger partial charge on any atom is 0.0869 e. The maximum atomic E-state index is 10.0. The molecule has 1 saturated heterocycles. The molecule has 0 saturated carbocycles. The number of ether oxygens (including phenoxy) is 1. The van der Waals surface area contributed by atoms with Crippen LogP contribution in [0, 0.1) is 5.92 Å². The molecule has 1 heterocycles. The Labute approximate surface area is 92.6 Å². The van der Waals surface area contributed by atoms with Crippen molar-refractivity contribution < 1.29 is 9.84 Å². The number of likely N-dealkylation sites (N-methyl/N-ethyl adjacent to an activating group) is 1. The monoisotopic (exact) mass is 216 g/mol. The summed E-state index contributed by atoms with van der Waals surface area (Å²) in [5.74, 6) is 0.625. The Morgan fingerprint density at radius 3 is 2.80 bits per heavy atom. The van der Waals surface area contributed by atoms with Crippen molar-refractivity contribution in [3.8, 4) is 0 Å². The molecular weight excluding hydrogens is 192 g/mol. The van der Waals surface area contributed by atoms with E-state index >= 15 is 0 Å². The van der Waals surface area contributed by atoms with Crippen molar-refractivity contribution in [1.29, 1.82) is 0 Å². The second-order valence-corrected chi connectivity index (χ2v) is 5.10. The quantitative estimate of drug-likeness (QED) is 0.652. The lowest BCUT2D eigenvalue weighted by Crippen LogP contribution is -2.46. The van der Waals surface area contributed by atoms with E-state index in [0.717, 1.165) is 26.2 Å². The first-order valence-electron chi connectivity index (χ1n) is 5.65. The second-order valence-electron chi connectivity index (χ2n) is 5.10. The predicted molar refractivity (Wildman–Crippen MR) is 61.0 cm³/mol. The van der Waals surface area contributed by atoms with Crippen LogP contribution in [0.1, 0.15) is 13.3 Å². The van der Waals surface area contributed by atoms with E-state index < -0.39 is 5.60 Å². The Bertz CT molecular complexity index is 177. The van der Waals surface area contributed by atoms with E-state index in [4.69, 9.17) is 4.74 Å². The van der Waals surface area contributed by atoms with E-state index in [-0.39, 0.29) is 0 Å². The van der Waals surface area contributed by atoms with Gasteiger partial charge in [-0.25, -0.2) is 0 Å². The van der Waals surface area contributed by atoms with Crippen LogP contribution < -0.4 is 5.32 Å². The van der Waals surface area contributed by atoms with E-state index in [9.17, 15) is 5.11 Å². The van der Waals surface area contributed by atoms with Crippen molar-refractivity contribution in [2.45, 2.75) is 18.9 Å². The molecule has 2 N–H and O–H groups in total. The van der Waals surface area contributed by atoms with E-state index in [2.05, 4.69) is 5.32 Å².